The monoisotopic (exact) mass is 470 g/mol. The molecule has 2 heterocycles. The van der Waals surface area contributed by atoms with Crippen molar-refractivity contribution in [2.24, 2.45) is 0 Å². The Morgan fingerprint density at radius 3 is 2.31 bits per heavy atom. The molecule has 0 fully saturated rings. The van der Waals surface area contributed by atoms with Gasteiger partial charge in [0, 0.05) is 12.2 Å². The van der Waals surface area contributed by atoms with Crippen LogP contribution in [0.4, 0.5) is 5.69 Å². The first-order chi connectivity index (χ1) is 17.0. The lowest BCUT2D eigenvalue weighted by atomic mass is 10.1. The number of carbonyl (C=O) groups is 4. The fraction of sp³-hybridized carbons (Fsp3) is 0.185. The molecular weight excluding hydrogens is 448 g/mol. The van der Waals surface area contributed by atoms with Gasteiger partial charge in [0.1, 0.15) is 11.3 Å². The van der Waals surface area contributed by atoms with E-state index in [2.05, 4.69) is 0 Å². The standard InChI is InChI=1S/C27H22N2O6/c1-34-23-11-10-17(15-29-25(31)19-7-3-4-8-20(19)26(29)32)14-21(23)27(33)35-16-24(30)28-13-12-18-6-2-5-9-22(18)28/h2-11,14H,12-13,15-16H2,1H3. The van der Waals surface area contributed by atoms with Gasteiger partial charge in [0.25, 0.3) is 17.7 Å². The molecule has 0 aromatic heterocycles. The van der Waals surface area contributed by atoms with Gasteiger partial charge in [-0.05, 0) is 47.9 Å². The maximum absolute atomic E-state index is 12.9. The van der Waals surface area contributed by atoms with E-state index in [0.717, 1.165) is 22.6 Å². The van der Waals surface area contributed by atoms with Crippen molar-refractivity contribution in [3.05, 3.63) is 94.5 Å². The molecule has 35 heavy (non-hydrogen) atoms. The zero-order chi connectivity index (χ0) is 24.5. The molecule has 0 bridgehead atoms. The van der Waals surface area contributed by atoms with Crippen LogP contribution < -0.4 is 9.64 Å². The maximum Gasteiger partial charge on any atom is 0.342 e. The highest BCUT2D eigenvalue weighted by Gasteiger charge is 2.35. The van der Waals surface area contributed by atoms with Gasteiger partial charge in [0.2, 0.25) is 0 Å². The van der Waals surface area contributed by atoms with E-state index in [0.29, 0.717) is 23.2 Å². The molecule has 0 radical (unpaired) electrons. The number of amides is 3. The second-order valence-electron chi connectivity index (χ2n) is 8.28. The second kappa shape index (κ2) is 9.06. The van der Waals surface area contributed by atoms with E-state index in [1.54, 1.807) is 41.3 Å². The highest BCUT2D eigenvalue weighted by molar-refractivity contribution is 6.21. The van der Waals surface area contributed by atoms with Gasteiger partial charge in [-0.15, -0.1) is 0 Å². The number of ether oxygens (including phenoxy) is 2. The molecule has 3 aromatic carbocycles. The van der Waals surface area contributed by atoms with Crippen LogP contribution in [0.3, 0.4) is 0 Å². The van der Waals surface area contributed by atoms with E-state index in [1.165, 1.54) is 13.2 Å². The Labute approximate surface area is 201 Å². The zero-order valence-electron chi connectivity index (χ0n) is 19.0. The number of anilines is 1. The highest BCUT2D eigenvalue weighted by atomic mass is 16.5. The van der Waals surface area contributed by atoms with Crippen LogP contribution in [-0.4, -0.2) is 48.9 Å². The number of carbonyl (C=O) groups excluding carboxylic acids is 4. The Bertz CT molecular complexity index is 1330. The molecule has 8 nitrogen and oxygen atoms in total. The van der Waals surface area contributed by atoms with Gasteiger partial charge in [-0.25, -0.2) is 4.79 Å². The number of methoxy groups -OCH3 is 1. The zero-order valence-corrected chi connectivity index (χ0v) is 19.0. The average Bonchev–Trinajstić information content (AvgIpc) is 3.42. The van der Waals surface area contributed by atoms with E-state index in [-0.39, 0.29) is 35.6 Å². The molecule has 0 atom stereocenters. The van der Waals surface area contributed by atoms with Gasteiger partial charge in [-0.1, -0.05) is 36.4 Å². The van der Waals surface area contributed by atoms with Crippen LogP contribution in [0.2, 0.25) is 0 Å². The summed E-state index contributed by atoms with van der Waals surface area (Å²) in [5, 5.41) is 0. The first kappa shape index (κ1) is 22.3. The average molecular weight is 470 g/mol. The predicted molar refractivity (Wildman–Crippen MR) is 126 cm³/mol. The largest absolute Gasteiger partial charge is 0.496 e. The summed E-state index contributed by atoms with van der Waals surface area (Å²) in [6, 6.07) is 19.0. The minimum absolute atomic E-state index is 0.0138. The lowest BCUT2D eigenvalue weighted by molar-refractivity contribution is -0.121. The molecule has 3 aromatic rings. The number of benzene rings is 3. The summed E-state index contributed by atoms with van der Waals surface area (Å²) in [5.74, 6) is -1.56. The van der Waals surface area contributed by atoms with Gasteiger partial charge < -0.3 is 14.4 Å². The smallest absolute Gasteiger partial charge is 0.342 e. The highest BCUT2D eigenvalue weighted by Crippen LogP contribution is 2.29. The molecule has 0 unspecified atom stereocenters. The molecule has 3 amide bonds. The normalized spacial score (nSPS) is 14.1. The Morgan fingerprint density at radius 1 is 0.914 bits per heavy atom. The number of hydrogen-bond donors (Lipinski definition) is 0. The second-order valence-corrected chi connectivity index (χ2v) is 8.28. The Morgan fingerprint density at radius 2 is 1.60 bits per heavy atom. The molecular formula is C27H22N2O6. The number of esters is 1. The van der Waals surface area contributed by atoms with E-state index in [4.69, 9.17) is 9.47 Å². The molecule has 0 saturated carbocycles. The number of nitrogens with zero attached hydrogens (tertiary/aromatic N) is 2. The minimum atomic E-state index is -0.730. The SMILES string of the molecule is COc1ccc(CN2C(=O)c3ccccc3C2=O)cc1C(=O)OCC(=O)N1CCc2ccccc21. The summed E-state index contributed by atoms with van der Waals surface area (Å²) in [5.41, 5.74) is 3.27. The fourth-order valence-corrected chi connectivity index (χ4v) is 4.46. The summed E-state index contributed by atoms with van der Waals surface area (Å²) in [4.78, 5) is 53.7. The summed E-state index contributed by atoms with van der Waals surface area (Å²) in [7, 11) is 1.42. The van der Waals surface area contributed by atoms with Gasteiger partial charge in [-0.3, -0.25) is 19.3 Å². The van der Waals surface area contributed by atoms with Gasteiger partial charge in [-0.2, -0.15) is 0 Å². The fourth-order valence-electron chi connectivity index (χ4n) is 4.46. The molecule has 2 aliphatic rings. The van der Waals surface area contributed by atoms with Crippen LogP contribution in [0.15, 0.2) is 66.7 Å². The van der Waals surface area contributed by atoms with Crippen molar-refractivity contribution in [2.45, 2.75) is 13.0 Å². The first-order valence-electron chi connectivity index (χ1n) is 11.2. The van der Waals surface area contributed by atoms with Crippen LogP contribution in [0.1, 0.15) is 42.2 Å². The van der Waals surface area contributed by atoms with Crippen molar-refractivity contribution in [2.75, 3.05) is 25.2 Å². The Hall–Kier alpha value is -4.46. The van der Waals surface area contributed by atoms with Crippen molar-refractivity contribution >= 4 is 29.4 Å². The molecule has 0 spiro atoms. The van der Waals surface area contributed by atoms with Crippen LogP contribution >= 0.6 is 0 Å². The number of fused-ring (bicyclic) bond motifs is 2. The third-order valence-corrected chi connectivity index (χ3v) is 6.22. The van der Waals surface area contributed by atoms with E-state index >= 15 is 0 Å². The summed E-state index contributed by atoms with van der Waals surface area (Å²) >= 11 is 0. The Balaban J connectivity index is 1.29. The van der Waals surface area contributed by atoms with Crippen molar-refractivity contribution in [1.29, 1.82) is 0 Å². The Kier molecular flexibility index (Phi) is 5.78. The summed E-state index contributed by atoms with van der Waals surface area (Å²) in [6.07, 6.45) is 0.754. The molecule has 2 aliphatic heterocycles. The van der Waals surface area contributed by atoms with Crippen molar-refractivity contribution < 1.29 is 28.7 Å². The van der Waals surface area contributed by atoms with E-state index in [1.807, 2.05) is 24.3 Å². The lowest BCUT2D eigenvalue weighted by Gasteiger charge is -2.18. The topological polar surface area (TPSA) is 93.2 Å². The number of rotatable bonds is 6. The lowest BCUT2D eigenvalue weighted by Crippen LogP contribution is -2.33. The first-order valence-corrected chi connectivity index (χ1v) is 11.2. The van der Waals surface area contributed by atoms with Gasteiger partial charge >= 0.3 is 5.97 Å². The molecule has 0 saturated heterocycles. The van der Waals surface area contributed by atoms with Gasteiger partial charge in [0.15, 0.2) is 6.61 Å². The molecule has 8 heteroatoms. The van der Waals surface area contributed by atoms with Crippen LogP contribution in [0.25, 0.3) is 0 Å². The number of hydrogen-bond acceptors (Lipinski definition) is 6. The van der Waals surface area contributed by atoms with E-state index < -0.39 is 12.6 Å². The summed E-state index contributed by atoms with van der Waals surface area (Å²) in [6.45, 7) is 0.105. The third kappa shape index (κ3) is 4.03. The van der Waals surface area contributed by atoms with Crippen LogP contribution in [0, 0.1) is 0 Å². The minimum Gasteiger partial charge on any atom is -0.496 e. The molecule has 5 rings (SSSR count). The maximum atomic E-state index is 12.9. The van der Waals surface area contributed by atoms with Crippen LogP contribution in [-0.2, 0) is 22.5 Å². The van der Waals surface area contributed by atoms with Crippen molar-refractivity contribution in [3.63, 3.8) is 0 Å². The number of para-hydroxylation sites is 1. The van der Waals surface area contributed by atoms with Crippen LogP contribution in [0.5, 0.6) is 5.75 Å². The molecule has 176 valence electrons. The van der Waals surface area contributed by atoms with Crippen molar-refractivity contribution in [3.8, 4) is 5.75 Å². The van der Waals surface area contributed by atoms with Crippen molar-refractivity contribution in [1.82, 2.24) is 4.90 Å². The van der Waals surface area contributed by atoms with E-state index in [9.17, 15) is 19.2 Å². The molecule has 0 aliphatic carbocycles. The predicted octanol–water partition coefficient (Wildman–Crippen LogP) is 3.24. The number of imide groups is 1. The molecule has 0 N–H and O–H groups in total. The quantitative estimate of drug-likeness (QED) is 0.406. The summed E-state index contributed by atoms with van der Waals surface area (Å²) < 4.78 is 10.6. The third-order valence-electron chi connectivity index (χ3n) is 6.22. The van der Waals surface area contributed by atoms with Gasteiger partial charge in [0.05, 0.1) is 24.8 Å².